The highest BCUT2D eigenvalue weighted by Gasteiger charge is 2.42. The summed E-state index contributed by atoms with van der Waals surface area (Å²) in [6.45, 7) is 7.13. The second-order valence-corrected chi connectivity index (χ2v) is 13.5. The number of aromatic nitrogens is 2. The maximum atomic E-state index is 13.9. The zero-order chi connectivity index (χ0) is 31.9. The van der Waals surface area contributed by atoms with E-state index >= 15 is 0 Å². The summed E-state index contributed by atoms with van der Waals surface area (Å²) in [4.78, 5) is 37.2. The van der Waals surface area contributed by atoms with Gasteiger partial charge < -0.3 is 19.5 Å². The van der Waals surface area contributed by atoms with Crippen LogP contribution in [0.5, 0.6) is 0 Å². The molecule has 1 aliphatic carbocycles. The molecule has 1 aliphatic rings. The normalized spacial score (nSPS) is 19.2. The lowest BCUT2D eigenvalue weighted by atomic mass is 9.62. The van der Waals surface area contributed by atoms with Crippen molar-refractivity contribution in [2.24, 2.45) is 10.8 Å². The summed E-state index contributed by atoms with van der Waals surface area (Å²) in [5.74, 6) is 0.914. The van der Waals surface area contributed by atoms with Crippen molar-refractivity contribution in [2.45, 2.75) is 46.1 Å². The zero-order valence-electron chi connectivity index (χ0n) is 26.2. The third-order valence-corrected chi connectivity index (χ3v) is 8.92. The molecule has 0 bridgehead atoms. The zero-order valence-corrected chi connectivity index (χ0v) is 26.2. The van der Waals surface area contributed by atoms with Crippen LogP contribution in [0.1, 0.15) is 60.7 Å². The highest BCUT2D eigenvalue weighted by Crippen LogP contribution is 2.46. The van der Waals surface area contributed by atoms with Gasteiger partial charge in [-0.05, 0) is 78.6 Å². The number of hydrogen-bond donors (Lipinski definition) is 2. The third-order valence-electron chi connectivity index (χ3n) is 8.92. The Balaban J connectivity index is 1.12. The van der Waals surface area contributed by atoms with Gasteiger partial charge in [0.15, 0.2) is 11.5 Å². The molecule has 2 N–H and O–H groups in total. The predicted molar refractivity (Wildman–Crippen MR) is 178 cm³/mol. The van der Waals surface area contributed by atoms with Gasteiger partial charge >= 0.3 is 0 Å². The van der Waals surface area contributed by atoms with E-state index in [4.69, 9.17) is 18.8 Å². The van der Waals surface area contributed by atoms with Crippen molar-refractivity contribution >= 4 is 33.6 Å². The van der Waals surface area contributed by atoms with E-state index in [0.29, 0.717) is 40.6 Å². The molecule has 4 heterocycles. The summed E-state index contributed by atoms with van der Waals surface area (Å²) < 4.78 is 11.2. The van der Waals surface area contributed by atoms with E-state index in [0.717, 1.165) is 41.1 Å². The first-order valence-corrected chi connectivity index (χ1v) is 15.6. The molecule has 2 atom stereocenters. The molecule has 2 aromatic carbocycles. The quantitative estimate of drug-likeness (QED) is 0.189. The van der Waals surface area contributed by atoms with Crippen LogP contribution in [0.2, 0.25) is 0 Å². The summed E-state index contributed by atoms with van der Waals surface area (Å²) in [7, 11) is 0. The summed E-state index contributed by atoms with van der Waals surface area (Å²) in [6.07, 6.45) is 5.66. The Labute approximate surface area is 267 Å². The van der Waals surface area contributed by atoms with Crippen LogP contribution in [0.4, 0.5) is 0 Å². The van der Waals surface area contributed by atoms with Crippen molar-refractivity contribution in [3.63, 3.8) is 0 Å². The average Bonchev–Trinajstić information content (AvgIpc) is 3.77. The number of para-hydroxylation sites is 2. The first-order valence-electron chi connectivity index (χ1n) is 15.6. The van der Waals surface area contributed by atoms with E-state index in [1.807, 2.05) is 72.8 Å². The molecule has 0 radical (unpaired) electrons. The molecule has 0 spiro atoms. The van der Waals surface area contributed by atoms with E-state index in [1.54, 1.807) is 24.7 Å². The summed E-state index contributed by atoms with van der Waals surface area (Å²) in [6, 6.07) is 26.1. The number of carbonyl (C=O) groups excluding carboxylic acids is 2. The molecule has 0 aliphatic heterocycles. The van der Waals surface area contributed by atoms with Gasteiger partial charge in [0.1, 0.15) is 11.4 Å². The van der Waals surface area contributed by atoms with Gasteiger partial charge in [0.05, 0.1) is 34.7 Å². The number of pyridine rings is 2. The molecule has 6 aromatic rings. The van der Waals surface area contributed by atoms with Gasteiger partial charge in [0, 0.05) is 23.4 Å². The molecule has 1 saturated carbocycles. The molecule has 46 heavy (non-hydrogen) atoms. The summed E-state index contributed by atoms with van der Waals surface area (Å²) in [5.41, 5.74) is 3.51. The number of furan rings is 2. The molecule has 4 aromatic heterocycles. The molecule has 0 saturated heterocycles. The molecular weight excluding hydrogens is 576 g/mol. The summed E-state index contributed by atoms with van der Waals surface area (Å²) in [5, 5.41) is 8.16. The molecule has 8 nitrogen and oxygen atoms in total. The minimum Gasteiger partial charge on any atom is -0.463 e. The topological polar surface area (TPSA) is 110 Å². The van der Waals surface area contributed by atoms with Crippen molar-refractivity contribution in [3.8, 4) is 22.9 Å². The Morgan fingerprint density at radius 3 is 1.83 bits per heavy atom. The van der Waals surface area contributed by atoms with Crippen molar-refractivity contribution in [2.75, 3.05) is 6.54 Å². The number of nitrogens with zero attached hydrogens (tertiary/aromatic N) is 2. The minimum atomic E-state index is -0.248. The van der Waals surface area contributed by atoms with Crippen LogP contribution >= 0.6 is 0 Å². The van der Waals surface area contributed by atoms with Crippen LogP contribution < -0.4 is 10.6 Å². The maximum absolute atomic E-state index is 13.9. The van der Waals surface area contributed by atoms with Crippen LogP contribution in [0.3, 0.4) is 0 Å². The Morgan fingerprint density at radius 2 is 1.28 bits per heavy atom. The molecule has 2 amide bonds. The lowest BCUT2D eigenvalue weighted by molar-refractivity contribution is 0.0593. The Hall–Kier alpha value is -5.24. The molecule has 1 fully saturated rings. The van der Waals surface area contributed by atoms with Gasteiger partial charge in [-0.2, -0.15) is 0 Å². The minimum absolute atomic E-state index is 0.0505. The largest absolute Gasteiger partial charge is 0.463 e. The van der Waals surface area contributed by atoms with Crippen molar-refractivity contribution in [1.82, 2.24) is 20.6 Å². The van der Waals surface area contributed by atoms with Crippen LogP contribution in [0, 0.1) is 10.8 Å². The number of amides is 2. The number of rotatable bonds is 7. The summed E-state index contributed by atoms with van der Waals surface area (Å²) >= 11 is 0. The monoisotopic (exact) mass is 612 g/mol. The lowest BCUT2D eigenvalue weighted by Gasteiger charge is -2.47. The van der Waals surface area contributed by atoms with Gasteiger partial charge in [0.25, 0.3) is 11.8 Å². The fourth-order valence-electron chi connectivity index (χ4n) is 7.35. The van der Waals surface area contributed by atoms with Gasteiger partial charge in [0.2, 0.25) is 0 Å². The van der Waals surface area contributed by atoms with E-state index in [9.17, 15) is 9.59 Å². The van der Waals surface area contributed by atoms with Crippen LogP contribution in [0.15, 0.2) is 106 Å². The van der Waals surface area contributed by atoms with Gasteiger partial charge in [-0.3, -0.25) is 9.59 Å². The Bertz CT molecular complexity index is 2050. The Morgan fingerprint density at radius 1 is 0.739 bits per heavy atom. The lowest BCUT2D eigenvalue weighted by Crippen LogP contribution is -2.50. The maximum Gasteiger partial charge on any atom is 0.252 e. The van der Waals surface area contributed by atoms with Crippen molar-refractivity contribution in [1.29, 1.82) is 0 Å². The van der Waals surface area contributed by atoms with Gasteiger partial charge in [-0.1, -0.05) is 57.2 Å². The molecule has 8 heteroatoms. The van der Waals surface area contributed by atoms with Gasteiger partial charge in [-0.25, -0.2) is 9.97 Å². The highest BCUT2D eigenvalue weighted by molar-refractivity contribution is 6.08. The molecule has 7 rings (SSSR count). The first kappa shape index (κ1) is 29.5. The number of nitrogens with one attached hydrogen (secondary N) is 2. The number of hydrogen-bond acceptors (Lipinski definition) is 6. The van der Waals surface area contributed by atoms with E-state index in [-0.39, 0.29) is 28.7 Å². The number of carbonyl (C=O) groups is 2. The fraction of sp³-hybridized carbons (Fsp3) is 0.263. The molecule has 0 unspecified atom stereocenters. The average molecular weight is 613 g/mol. The van der Waals surface area contributed by atoms with Crippen molar-refractivity contribution < 1.29 is 18.4 Å². The van der Waals surface area contributed by atoms with Gasteiger partial charge in [-0.15, -0.1) is 0 Å². The Kier molecular flexibility index (Phi) is 7.43. The third kappa shape index (κ3) is 5.90. The highest BCUT2D eigenvalue weighted by atomic mass is 16.3. The smallest absolute Gasteiger partial charge is 0.252 e. The second kappa shape index (κ2) is 11.6. The van der Waals surface area contributed by atoms with Crippen LogP contribution in [0.25, 0.3) is 44.7 Å². The van der Waals surface area contributed by atoms with E-state index in [2.05, 4.69) is 31.4 Å². The number of benzene rings is 2. The van der Waals surface area contributed by atoms with E-state index < -0.39 is 0 Å². The fourth-order valence-corrected chi connectivity index (χ4v) is 7.35. The van der Waals surface area contributed by atoms with Crippen LogP contribution in [-0.4, -0.2) is 34.4 Å². The predicted octanol–water partition coefficient (Wildman–Crippen LogP) is 8.05. The number of fused-ring (bicyclic) bond motifs is 2. The van der Waals surface area contributed by atoms with Crippen molar-refractivity contribution in [3.05, 3.63) is 109 Å². The SMILES string of the molecule is CC1(C)C[C@H](NC(=O)c2cc(-c3ccco3)nc3ccccc23)C[C@@](C)(CNC(=O)c2cc(-c3ccco3)nc3ccccc23)C1. The second-order valence-electron chi connectivity index (χ2n) is 13.5. The van der Waals surface area contributed by atoms with Crippen LogP contribution in [-0.2, 0) is 0 Å². The standard InChI is InChI=1S/C38H36N4O4/c1-37(2)20-24(40-36(44)28-19-32(34-15-9-17-46-34)42-30-13-7-5-11-26(28)30)21-38(3,22-37)23-39-35(43)27-18-31(33-14-8-16-45-33)41-29-12-6-4-10-25(27)29/h4-19,24H,20-23H2,1-3H3,(H,39,43)(H,40,44)/t24-,38+/m0/s1. The first-order chi connectivity index (χ1) is 22.2. The molecular formula is C38H36N4O4. The molecule has 232 valence electrons. The van der Waals surface area contributed by atoms with E-state index in [1.165, 1.54) is 0 Å².